The second kappa shape index (κ2) is 13.4. The maximum Gasteiger partial charge on any atom is 0.185 e. The quantitative estimate of drug-likeness (QED) is 0.307. The second-order valence-corrected chi connectivity index (χ2v) is 11.0. The molecule has 9 nitrogen and oxygen atoms in total. The SMILES string of the molecule is CC1CC(N(C)C)[C@@H](O)C(O[C@H]([C@@H](C)[C@H](O)C(C)C=O)[C@](C)(O)C[C@@H](C)CN(C)C(C)C=O)O1. The fourth-order valence-corrected chi connectivity index (χ4v) is 5.02. The number of rotatable bonds is 14. The molecule has 5 unspecified atom stereocenters. The Morgan fingerprint density at radius 2 is 1.74 bits per heavy atom. The molecule has 0 aromatic rings. The van der Waals surface area contributed by atoms with Crippen LogP contribution in [-0.2, 0) is 19.1 Å². The summed E-state index contributed by atoms with van der Waals surface area (Å²) in [4.78, 5) is 26.3. The van der Waals surface area contributed by atoms with Crippen LogP contribution >= 0.6 is 0 Å². The molecule has 0 amide bonds. The molecule has 0 spiro atoms. The highest BCUT2D eigenvalue weighted by Crippen LogP contribution is 2.35. The Morgan fingerprint density at radius 1 is 1.15 bits per heavy atom. The number of hydrogen-bond donors (Lipinski definition) is 3. The van der Waals surface area contributed by atoms with Crippen molar-refractivity contribution in [2.45, 2.75) is 103 Å². The average molecular weight is 489 g/mol. The van der Waals surface area contributed by atoms with Gasteiger partial charge in [-0.3, -0.25) is 4.90 Å². The Morgan fingerprint density at radius 3 is 2.24 bits per heavy atom. The van der Waals surface area contributed by atoms with Crippen molar-refractivity contribution in [1.29, 1.82) is 0 Å². The highest BCUT2D eigenvalue weighted by atomic mass is 16.7. The second-order valence-electron chi connectivity index (χ2n) is 11.0. The molecule has 200 valence electrons. The van der Waals surface area contributed by atoms with Crippen molar-refractivity contribution in [2.24, 2.45) is 17.8 Å². The summed E-state index contributed by atoms with van der Waals surface area (Å²) in [5, 5.41) is 33.4. The largest absolute Gasteiger partial charge is 0.392 e. The zero-order valence-corrected chi connectivity index (χ0v) is 22.4. The molecule has 0 aromatic heterocycles. The predicted molar refractivity (Wildman–Crippen MR) is 130 cm³/mol. The smallest absolute Gasteiger partial charge is 0.185 e. The lowest BCUT2D eigenvalue weighted by Crippen LogP contribution is -2.59. The van der Waals surface area contributed by atoms with Gasteiger partial charge in [-0.15, -0.1) is 0 Å². The standard InChI is InChI=1S/C25H48N2O7/c1-15(12-27(9)17(3)14-29)11-25(6,32)23(19(5)21(30)16(2)13-28)34-24-22(31)20(26(7)8)10-18(4)33-24/h13-24,30-32H,10-12H2,1-9H3/t15-,16?,17?,18?,19+,20?,21-,22-,23-,24?,25-/m1/s1. The lowest BCUT2D eigenvalue weighted by molar-refractivity contribution is -0.299. The molecule has 11 atom stereocenters. The zero-order chi connectivity index (χ0) is 26.4. The molecule has 0 aromatic carbocycles. The van der Waals surface area contributed by atoms with Crippen molar-refractivity contribution >= 4 is 12.6 Å². The zero-order valence-electron chi connectivity index (χ0n) is 22.4. The lowest BCUT2D eigenvalue weighted by Gasteiger charge is -2.46. The topological polar surface area (TPSA) is 120 Å². The van der Waals surface area contributed by atoms with Crippen molar-refractivity contribution in [3.8, 4) is 0 Å². The number of carbonyl (C=O) groups excluding carboxylic acids is 2. The van der Waals surface area contributed by atoms with Gasteiger partial charge in [-0.1, -0.05) is 20.8 Å². The Kier molecular flexibility index (Phi) is 12.2. The van der Waals surface area contributed by atoms with E-state index in [1.165, 1.54) is 0 Å². The number of likely N-dealkylation sites (N-methyl/N-ethyl adjacent to an activating group) is 2. The van der Waals surface area contributed by atoms with Gasteiger partial charge < -0.3 is 39.3 Å². The number of aliphatic hydroxyl groups excluding tert-OH is 2. The normalized spacial score (nSPS) is 30.8. The maximum atomic E-state index is 11.6. The molecular weight excluding hydrogens is 440 g/mol. The van der Waals surface area contributed by atoms with E-state index in [0.29, 0.717) is 25.7 Å². The summed E-state index contributed by atoms with van der Waals surface area (Å²) in [6, 6.07) is -0.435. The van der Waals surface area contributed by atoms with Gasteiger partial charge in [0.15, 0.2) is 6.29 Å². The van der Waals surface area contributed by atoms with E-state index in [1.54, 1.807) is 20.8 Å². The third-order valence-corrected chi connectivity index (χ3v) is 7.19. The summed E-state index contributed by atoms with van der Waals surface area (Å²) in [7, 11) is 5.62. The molecule has 9 heteroatoms. The van der Waals surface area contributed by atoms with E-state index in [4.69, 9.17) is 9.47 Å². The summed E-state index contributed by atoms with van der Waals surface area (Å²) in [5.41, 5.74) is -1.41. The number of aldehydes is 2. The minimum atomic E-state index is -1.41. The molecule has 1 aliphatic heterocycles. The fourth-order valence-electron chi connectivity index (χ4n) is 5.02. The molecule has 0 saturated carbocycles. The summed E-state index contributed by atoms with van der Waals surface area (Å²) in [6.45, 7) is 11.3. The van der Waals surface area contributed by atoms with Gasteiger partial charge in [0.25, 0.3) is 0 Å². The molecule has 0 radical (unpaired) electrons. The van der Waals surface area contributed by atoms with Crippen molar-refractivity contribution in [3.05, 3.63) is 0 Å². The Bertz CT molecular complexity index is 632. The molecule has 1 heterocycles. The number of hydrogen-bond acceptors (Lipinski definition) is 9. The highest BCUT2D eigenvalue weighted by Gasteiger charge is 2.46. The van der Waals surface area contributed by atoms with Crippen molar-refractivity contribution < 1.29 is 34.4 Å². The minimum Gasteiger partial charge on any atom is -0.392 e. The fraction of sp³-hybridized carbons (Fsp3) is 0.920. The molecule has 34 heavy (non-hydrogen) atoms. The Hall–Kier alpha value is -0.940. The van der Waals surface area contributed by atoms with E-state index in [0.717, 1.165) is 6.29 Å². The van der Waals surface area contributed by atoms with Gasteiger partial charge in [0.1, 0.15) is 18.7 Å². The van der Waals surface area contributed by atoms with Crippen LogP contribution in [0.5, 0.6) is 0 Å². The molecule has 1 rings (SSSR count). The molecule has 1 fully saturated rings. The first kappa shape index (κ1) is 31.1. The van der Waals surface area contributed by atoms with Crippen molar-refractivity contribution in [1.82, 2.24) is 9.80 Å². The number of nitrogens with zero attached hydrogens (tertiary/aromatic N) is 2. The van der Waals surface area contributed by atoms with E-state index in [-0.39, 0.29) is 24.1 Å². The predicted octanol–water partition coefficient (Wildman–Crippen LogP) is 0.926. The van der Waals surface area contributed by atoms with Gasteiger partial charge in [-0.25, -0.2) is 0 Å². The molecular formula is C25H48N2O7. The highest BCUT2D eigenvalue weighted by molar-refractivity contribution is 5.56. The van der Waals surface area contributed by atoms with Crippen molar-refractivity contribution in [2.75, 3.05) is 27.7 Å². The molecule has 3 N–H and O–H groups in total. The monoisotopic (exact) mass is 488 g/mol. The van der Waals surface area contributed by atoms with Crippen LogP contribution in [-0.4, -0.2) is 114 Å². The van der Waals surface area contributed by atoms with Crippen LogP contribution in [0.2, 0.25) is 0 Å². The summed E-state index contributed by atoms with van der Waals surface area (Å²) in [5.74, 6) is -1.29. The van der Waals surface area contributed by atoms with Gasteiger partial charge in [-0.05, 0) is 60.7 Å². The third kappa shape index (κ3) is 8.33. The Balaban J connectivity index is 3.18. The molecule has 1 saturated heterocycles. The van der Waals surface area contributed by atoms with Crippen LogP contribution in [0.25, 0.3) is 0 Å². The summed E-state index contributed by atoms with van der Waals surface area (Å²) >= 11 is 0. The number of carbonyl (C=O) groups is 2. The van der Waals surface area contributed by atoms with Gasteiger partial charge in [0.05, 0.1) is 30.0 Å². The van der Waals surface area contributed by atoms with Gasteiger partial charge in [-0.2, -0.15) is 0 Å². The van der Waals surface area contributed by atoms with E-state index >= 15 is 0 Å². The first-order chi connectivity index (χ1) is 15.7. The van der Waals surface area contributed by atoms with Crippen LogP contribution in [0, 0.1) is 17.8 Å². The summed E-state index contributed by atoms with van der Waals surface area (Å²) < 4.78 is 12.2. The minimum absolute atomic E-state index is 0.00742. The Labute approximate surface area is 205 Å². The van der Waals surface area contributed by atoms with Gasteiger partial charge >= 0.3 is 0 Å². The van der Waals surface area contributed by atoms with E-state index in [2.05, 4.69) is 0 Å². The lowest BCUT2D eigenvalue weighted by atomic mass is 9.78. The number of aliphatic hydroxyl groups is 3. The van der Waals surface area contributed by atoms with Crippen LogP contribution in [0.1, 0.15) is 54.4 Å². The van der Waals surface area contributed by atoms with Crippen molar-refractivity contribution in [3.63, 3.8) is 0 Å². The maximum absolute atomic E-state index is 11.6. The van der Waals surface area contributed by atoms with Crippen LogP contribution in [0.4, 0.5) is 0 Å². The van der Waals surface area contributed by atoms with E-state index in [1.807, 2.05) is 51.7 Å². The average Bonchev–Trinajstić information content (AvgIpc) is 2.76. The first-order valence-corrected chi connectivity index (χ1v) is 12.3. The third-order valence-electron chi connectivity index (χ3n) is 7.19. The van der Waals surface area contributed by atoms with Gasteiger partial charge in [0.2, 0.25) is 0 Å². The van der Waals surface area contributed by atoms with Crippen LogP contribution in [0.15, 0.2) is 0 Å². The van der Waals surface area contributed by atoms with E-state index < -0.39 is 42.0 Å². The molecule has 1 aliphatic rings. The van der Waals surface area contributed by atoms with E-state index in [9.17, 15) is 24.9 Å². The van der Waals surface area contributed by atoms with Crippen LogP contribution in [0.3, 0.4) is 0 Å². The summed E-state index contributed by atoms with van der Waals surface area (Å²) in [6.07, 6.45) is -1.59. The number of ether oxygens (including phenoxy) is 2. The molecule has 0 aliphatic carbocycles. The first-order valence-electron chi connectivity index (χ1n) is 12.3. The molecule has 0 bridgehead atoms. The van der Waals surface area contributed by atoms with Gasteiger partial charge in [0, 0.05) is 24.4 Å². The van der Waals surface area contributed by atoms with Crippen LogP contribution < -0.4 is 0 Å².